The molecule has 0 amide bonds. The third-order valence-corrected chi connectivity index (χ3v) is 6.07. The van der Waals surface area contributed by atoms with Crippen molar-refractivity contribution in [3.05, 3.63) is 71.8 Å². The monoisotopic (exact) mass is 429 g/mol. The topological polar surface area (TPSA) is 65.4 Å². The Morgan fingerprint density at radius 2 is 1.83 bits per heavy atom. The first kappa shape index (κ1) is 21.8. The van der Waals surface area contributed by atoms with Gasteiger partial charge in [-0.3, -0.25) is 4.79 Å². The predicted molar refractivity (Wildman–Crippen MR) is 114 cm³/mol. The second-order valence-electron chi connectivity index (χ2n) is 7.08. The van der Waals surface area contributed by atoms with Gasteiger partial charge in [0.2, 0.25) is 0 Å². The highest BCUT2D eigenvalue weighted by Crippen LogP contribution is 2.32. The lowest BCUT2D eigenvalue weighted by molar-refractivity contribution is -0.143. The summed E-state index contributed by atoms with van der Waals surface area (Å²) in [7, 11) is -3.36. The molecule has 0 N–H and O–H groups in total. The van der Waals surface area contributed by atoms with Crippen molar-refractivity contribution in [2.75, 3.05) is 12.9 Å². The van der Waals surface area contributed by atoms with E-state index in [1.165, 1.54) is 18.4 Å². The van der Waals surface area contributed by atoms with Crippen LogP contribution in [0.5, 0.6) is 0 Å². The maximum atomic E-state index is 13.4. The average molecular weight is 430 g/mol. The van der Waals surface area contributed by atoms with Gasteiger partial charge in [-0.2, -0.15) is 0 Å². The molecule has 0 spiro atoms. The van der Waals surface area contributed by atoms with Crippen LogP contribution in [0.1, 0.15) is 24.6 Å². The van der Waals surface area contributed by atoms with Crippen LogP contribution in [0.15, 0.2) is 59.6 Å². The van der Waals surface area contributed by atoms with Gasteiger partial charge < -0.3 is 9.30 Å². The van der Waals surface area contributed by atoms with Gasteiger partial charge in [0.05, 0.1) is 11.5 Å². The zero-order valence-electron chi connectivity index (χ0n) is 17.2. The Balaban J connectivity index is 2.09. The minimum atomic E-state index is -3.36. The van der Waals surface area contributed by atoms with Crippen LogP contribution in [-0.2, 0) is 25.8 Å². The summed E-state index contributed by atoms with van der Waals surface area (Å²) in [6.45, 7) is 3.89. The molecular formula is C23H24FNO4S. The van der Waals surface area contributed by atoms with Crippen molar-refractivity contribution in [1.29, 1.82) is 0 Å². The van der Waals surface area contributed by atoms with E-state index in [4.69, 9.17) is 4.74 Å². The Morgan fingerprint density at radius 1 is 1.13 bits per heavy atom. The van der Waals surface area contributed by atoms with Gasteiger partial charge in [-0.1, -0.05) is 19.1 Å². The molecule has 3 rings (SSSR count). The van der Waals surface area contributed by atoms with E-state index in [9.17, 15) is 17.6 Å². The fourth-order valence-electron chi connectivity index (χ4n) is 3.34. The van der Waals surface area contributed by atoms with E-state index in [1.54, 1.807) is 37.3 Å². The van der Waals surface area contributed by atoms with Crippen molar-refractivity contribution in [3.63, 3.8) is 0 Å². The Morgan fingerprint density at radius 3 is 2.47 bits per heavy atom. The molecule has 30 heavy (non-hydrogen) atoms. The number of benzene rings is 2. The number of aromatic nitrogens is 1. The predicted octanol–water partition coefficient (Wildman–Crippen LogP) is 4.49. The lowest BCUT2D eigenvalue weighted by Gasteiger charge is -2.09. The maximum Gasteiger partial charge on any atom is 0.305 e. The largest absolute Gasteiger partial charge is 0.465 e. The fourth-order valence-corrected chi connectivity index (χ4v) is 4.01. The molecule has 0 fully saturated rings. The number of halogens is 1. The zero-order valence-corrected chi connectivity index (χ0v) is 18.0. The van der Waals surface area contributed by atoms with E-state index in [0.29, 0.717) is 12.8 Å². The number of esters is 1. The fraction of sp³-hybridized carbons (Fsp3) is 0.261. The average Bonchev–Trinajstić information content (AvgIpc) is 3.04. The van der Waals surface area contributed by atoms with Gasteiger partial charge in [0.15, 0.2) is 9.84 Å². The smallest absolute Gasteiger partial charge is 0.305 e. The lowest BCUT2D eigenvalue weighted by atomic mass is 10.0. The third kappa shape index (κ3) is 4.79. The van der Waals surface area contributed by atoms with Gasteiger partial charge in [-0.25, -0.2) is 12.8 Å². The molecule has 158 valence electrons. The molecule has 5 nitrogen and oxygen atoms in total. The summed E-state index contributed by atoms with van der Waals surface area (Å²) in [5, 5.41) is 0. The van der Waals surface area contributed by atoms with Crippen molar-refractivity contribution in [2.24, 2.45) is 0 Å². The van der Waals surface area contributed by atoms with Crippen LogP contribution in [0.3, 0.4) is 0 Å². The molecule has 0 saturated carbocycles. The summed E-state index contributed by atoms with van der Waals surface area (Å²) in [6, 6.07) is 12.9. The lowest BCUT2D eigenvalue weighted by Crippen LogP contribution is -2.07. The molecular weight excluding hydrogens is 405 g/mol. The number of hydrogen-bond acceptors (Lipinski definition) is 4. The van der Waals surface area contributed by atoms with Crippen LogP contribution in [0.2, 0.25) is 0 Å². The molecule has 3 aromatic rings. The third-order valence-electron chi connectivity index (χ3n) is 4.96. The molecule has 1 aromatic heterocycles. The van der Waals surface area contributed by atoms with E-state index in [-0.39, 0.29) is 23.3 Å². The first-order chi connectivity index (χ1) is 14.2. The summed E-state index contributed by atoms with van der Waals surface area (Å²) in [5.74, 6) is -0.595. The molecule has 0 aliphatic rings. The molecule has 0 bridgehead atoms. The van der Waals surface area contributed by atoms with Crippen molar-refractivity contribution in [2.45, 2.75) is 31.6 Å². The number of sulfone groups is 1. The number of carbonyl (C=O) groups is 1. The van der Waals surface area contributed by atoms with E-state index < -0.39 is 9.84 Å². The number of carbonyl (C=O) groups excluding carboxylic acids is 1. The molecule has 1 heterocycles. The Bertz CT molecular complexity index is 1160. The molecule has 0 atom stereocenters. The summed E-state index contributed by atoms with van der Waals surface area (Å²) < 4.78 is 44.6. The highest BCUT2D eigenvalue weighted by Gasteiger charge is 2.17. The Labute approximate surface area is 176 Å². The van der Waals surface area contributed by atoms with E-state index in [0.717, 1.165) is 28.1 Å². The van der Waals surface area contributed by atoms with Crippen LogP contribution >= 0.6 is 0 Å². The van der Waals surface area contributed by atoms with Crippen LogP contribution in [0.4, 0.5) is 4.39 Å². The summed E-state index contributed by atoms with van der Waals surface area (Å²) in [6.07, 6.45) is 3.86. The van der Waals surface area contributed by atoms with E-state index in [1.807, 2.05) is 23.8 Å². The number of ether oxygens (including phenoxy) is 1. The van der Waals surface area contributed by atoms with Gasteiger partial charge in [0, 0.05) is 42.2 Å². The van der Waals surface area contributed by atoms with Crippen molar-refractivity contribution < 1.29 is 22.3 Å². The minimum absolute atomic E-state index is 0.222. The van der Waals surface area contributed by atoms with Gasteiger partial charge >= 0.3 is 5.97 Å². The van der Waals surface area contributed by atoms with Crippen molar-refractivity contribution in [1.82, 2.24) is 4.57 Å². The van der Waals surface area contributed by atoms with E-state index >= 15 is 0 Å². The quantitative estimate of drug-likeness (QED) is 0.519. The number of nitrogens with zero attached hydrogens (tertiary/aromatic N) is 1. The molecule has 0 radical (unpaired) electrons. The van der Waals surface area contributed by atoms with Gasteiger partial charge in [-0.15, -0.1) is 0 Å². The van der Waals surface area contributed by atoms with Gasteiger partial charge in [0.1, 0.15) is 5.82 Å². The van der Waals surface area contributed by atoms with Crippen LogP contribution < -0.4 is 0 Å². The SMILES string of the molecule is CCC(=O)OCCc1c(-c2cccc(S(C)(=O)=O)c2)cn(-c2ccc(F)cc2)c1C. The summed E-state index contributed by atoms with van der Waals surface area (Å²) >= 11 is 0. The zero-order chi connectivity index (χ0) is 21.9. The van der Waals surface area contributed by atoms with Gasteiger partial charge in [0.25, 0.3) is 0 Å². The summed E-state index contributed by atoms with van der Waals surface area (Å²) in [5.41, 5.74) is 4.22. The van der Waals surface area contributed by atoms with Gasteiger partial charge in [-0.05, 0) is 54.4 Å². The molecule has 0 saturated heterocycles. The number of hydrogen-bond donors (Lipinski definition) is 0. The first-order valence-corrected chi connectivity index (χ1v) is 11.5. The minimum Gasteiger partial charge on any atom is -0.465 e. The molecule has 2 aromatic carbocycles. The second-order valence-corrected chi connectivity index (χ2v) is 9.09. The highest BCUT2D eigenvalue weighted by atomic mass is 32.2. The molecule has 0 aliphatic carbocycles. The summed E-state index contributed by atoms with van der Waals surface area (Å²) in [4.78, 5) is 11.8. The second kappa shape index (κ2) is 8.83. The van der Waals surface area contributed by atoms with Crippen LogP contribution in [-0.4, -0.2) is 31.8 Å². The van der Waals surface area contributed by atoms with Crippen LogP contribution in [0, 0.1) is 12.7 Å². The highest BCUT2D eigenvalue weighted by molar-refractivity contribution is 7.90. The molecule has 0 aliphatic heterocycles. The standard InChI is InChI=1S/C23H24FNO4S/c1-4-23(26)29-13-12-21-16(2)25(19-10-8-18(24)9-11-19)15-22(21)17-6-5-7-20(14-17)30(3,27)28/h5-11,14-15H,4,12-13H2,1-3H3. The molecule has 7 heteroatoms. The maximum absolute atomic E-state index is 13.4. The Kier molecular flexibility index (Phi) is 6.41. The normalized spacial score (nSPS) is 11.5. The molecule has 0 unspecified atom stereocenters. The van der Waals surface area contributed by atoms with E-state index in [2.05, 4.69) is 0 Å². The first-order valence-electron chi connectivity index (χ1n) is 9.63. The van der Waals surface area contributed by atoms with Crippen LogP contribution in [0.25, 0.3) is 16.8 Å². The van der Waals surface area contributed by atoms with Crippen molar-refractivity contribution in [3.8, 4) is 16.8 Å². The number of rotatable bonds is 7. The van der Waals surface area contributed by atoms with Crippen molar-refractivity contribution >= 4 is 15.8 Å². The Hall–Kier alpha value is -2.93.